The van der Waals surface area contributed by atoms with Crippen LogP contribution in [0.5, 0.6) is 11.5 Å². The summed E-state index contributed by atoms with van der Waals surface area (Å²) in [5.74, 6) is 1.29. The van der Waals surface area contributed by atoms with Crippen molar-refractivity contribution in [2.45, 2.75) is 12.2 Å². The van der Waals surface area contributed by atoms with Crippen LogP contribution >= 0.6 is 0 Å². The molecule has 0 radical (unpaired) electrons. The summed E-state index contributed by atoms with van der Waals surface area (Å²) in [5, 5.41) is 0. The van der Waals surface area contributed by atoms with Crippen molar-refractivity contribution in [1.29, 1.82) is 0 Å². The lowest BCUT2D eigenvalue weighted by molar-refractivity contribution is 0.263. The van der Waals surface area contributed by atoms with Gasteiger partial charge in [-0.3, -0.25) is 0 Å². The zero-order valence-corrected chi connectivity index (χ0v) is 15.8. The third kappa shape index (κ3) is 4.58. The molecular weight excluding hydrogens is 371 g/mol. The molecule has 0 spiro atoms. The molecule has 2 fully saturated rings. The Bertz CT molecular complexity index is 977. The van der Waals surface area contributed by atoms with Gasteiger partial charge in [-0.05, 0) is 47.0 Å². The molecule has 0 saturated carbocycles. The van der Waals surface area contributed by atoms with Crippen LogP contribution in [0.1, 0.15) is 0 Å². The van der Waals surface area contributed by atoms with Crippen LogP contribution in [0.15, 0.2) is 66.7 Å². The monoisotopic (exact) mass is 392 g/mol. The maximum Gasteiger partial charge on any atom is 0.131 e. The Morgan fingerprint density at radius 2 is 1.17 bits per heavy atom. The van der Waals surface area contributed by atoms with Crippen LogP contribution < -0.4 is 9.47 Å². The number of ether oxygens (including phenoxy) is 4. The largest absolute Gasteiger partial charge is 0.491 e. The predicted octanol–water partition coefficient (Wildman–Crippen LogP) is 4.71. The van der Waals surface area contributed by atoms with Crippen LogP contribution in [-0.2, 0) is 9.47 Å². The molecule has 2 aliphatic heterocycles. The lowest BCUT2D eigenvalue weighted by atomic mass is 9.99. The summed E-state index contributed by atoms with van der Waals surface area (Å²) in [4.78, 5) is 0. The van der Waals surface area contributed by atoms with Crippen molar-refractivity contribution in [2.75, 3.05) is 26.4 Å². The molecule has 0 N–H and O–H groups in total. The van der Waals surface area contributed by atoms with Gasteiger partial charge >= 0.3 is 0 Å². The van der Waals surface area contributed by atoms with E-state index >= 15 is 0 Å². The van der Waals surface area contributed by atoms with E-state index in [1.165, 1.54) is 0 Å². The second-order valence-corrected chi connectivity index (χ2v) is 7.28. The minimum Gasteiger partial charge on any atom is -0.491 e. The van der Waals surface area contributed by atoms with E-state index in [0.717, 1.165) is 41.4 Å². The van der Waals surface area contributed by atoms with Crippen molar-refractivity contribution in [2.24, 2.45) is 0 Å². The van der Waals surface area contributed by atoms with E-state index in [4.69, 9.17) is 18.9 Å². The number of hydrogen-bond donors (Lipinski definition) is 0. The Labute approximate surface area is 168 Å². The number of rotatable bonds is 8. The molecule has 4 nitrogen and oxygen atoms in total. The molecule has 0 amide bonds. The topological polar surface area (TPSA) is 43.5 Å². The van der Waals surface area contributed by atoms with Crippen LogP contribution in [0.2, 0.25) is 0 Å². The van der Waals surface area contributed by atoms with Crippen LogP contribution in [0.3, 0.4) is 0 Å². The fourth-order valence-corrected chi connectivity index (χ4v) is 3.11. The van der Waals surface area contributed by atoms with Crippen molar-refractivity contribution in [3.63, 3.8) is 0 Å². The highest BCUT2D eigenvalue weighted by atomic mass is 19.1. The van der Waals surface area contributed by atoms with E-state index in [0.29, 0.717) is 18.8 Å². The Morgan fingerprint density at radius 3 is 1.66 bits per heavy atom. The van der Waals surface area contributed by atoms with E-state index < -0.39 is 0 Å². The first kappa shape index (κ1) is 18.2. The number of halogens is 1. The maximum atomic E-state index is 14.8. The fourth-order valence-electron chi connectivity index (χ4n) is 3.11. The van der Waals surface area contributed by atoms with Gasteiger partial charge in [0, 0.05) is 5.56 Å². The summed E-state index contributed by atoms with van der Waals surface area (Å²) < 4.78 is 36.3. The summed E-state index contributed by atoms with van der Waals surface area (Å²) in [6.07, 6.45) is 0.441. The summed E-state index contributed by atoms with van der Waals surface area (Å²) in [7, 11) is 0. The third-order valence-electron chi connectivity index (χ3n) is 5.00. The van der Waals surface area contributed by atoms with Gasteiger partial charge < -0.3 is 18.9 Å². The zero-order valence-electron chi connectivity index (χ0n) is 15.8. The molecule has 0 aromatic heterocycles. The van der Waals surface area contributed by atoms with Crippen molar-refractivity contribution in [3.05, 3.63) is 72.5 Å². The maximum absolute atomic E-state index is 14.8. The van der Waals surface area contributed by atoms with Crippen molar-refractivity contribution >= 4 is 0 Å². The highest BCUT2D eigenvalue weighted by Gasteiger charge is 2.23. The highest BCUT2D eigenvalue weighted by Crippen LogP contribution is 2.30. The molecule has 5 heteroatoms. The Balaban J connectivity index is 1.27. The molecule has 5 rings (SSSR count). The van der Waals surface area contributed by atoms with Crippen molar-refractivity contribution < 1.29 is 23.3 Å². The van der Waals surface area contributed by atoms with Crippen LogP contribution in [0.25, 0.3) is 22.3 Å². The third-order valence-corrected chi connectivity index (χ3v) is 5.00. The Morgan fingerprint density at radius 1 is 0.690 bits per heavy atom. The molecule has 3 aromatic rings. The Hall–Kier alpha value is -2.89. The van der Waals surface area contributed by atoms with Gasteiger partial charge in [0.1, 0.15) is 42.7 Å². The average Bonchev–Trinajstić information content (AvgIpc) is 3.67. The van der Waals surface area contributed by atoms with Crippen LogP contribution in [-0.4, -0.2) is 38.6 Å². The van der Waals surface area contributed by atoms with Gasteiger partial charge in [0.2, 0.25) is 0 Å². The highest BCUT2D eigenvalue weighted by molar-refractivity contribution is 5.71. The normalized spacial score (nSPS) is 19.6. The first-order chi connectivity index (χ1) is 14.2. The second-order valence-electron chi connectivity index (χ2n) is 7.28. The summed E-state index contributed by atoms with van der Waals surface area (Å²) in [6, 6.07) is 20.4. The number of epoxide rings is 2. The quantitative estimate of drug-likeness (QED) is 0.521. The fraction of sp³-hybridized carbons (Fsp3) is 0.250. The van der Waals surface area contributed by atoms with Gasteiger partial charge in [-0.2, -0.15) is 0 Å². The van der Waals surface area contributed by atoms with Gasteiger partial charge in [0.25, 0.3) is 0 Å². The van der Waals surface area contributed by atoms with E-state index in [1.54, 1.807) is 6.07 Å². The molecule has 0 aliphatic carbocycles. The average molecular weight is 392 g/mol. The number of benzene rings is 3. The van der Waals surface area contributed by atoms with E-state index in [1.807, 2.05) is 60.7 Å². The van der Waals surface area contributed by atoms with Gasteiger partial charge in [0.05, 0.1) is 13.2 Å². The van der Waals surface area contributed by atoms with Gasteiger partial charge in [-0.25, -0.2) is 4.39 Å². The molecule has 2 aliphatic rings. The van der Waals surface area contributed by atoms with E-state index in [9.17, 15) is 4.39 Å². The lowest BCUT2D eigenvalue weighted by Crippen LogP contribution is -2.03. The minimum absolute atomic E-state index is 0.215. The SMILES string of the molecule is Fc1cc(-c2ccc(OCC3CO3)cc2)ccc1-c1ccc(OCC2CO2)cc1. The molecule has 0 bridgehead atoms. The van der Waals surface area contributed by atoms with E-state index in [2.05, 4.69) is 0 Å². The molecule has 2 heterocycles. The lowest BCUT2D eigenvalue weighted by Gasteiger charge is -2.09. The van der Waals surface area contributed by atoms with Crippen molar-refractivity contribution in [3.8, 4) is 33.8 Å². The second kappa shape index (κ2) is 7.85. The molecule has 2 saturated heterocycles. The summed E-state index contributed by atoms with van der Waals surface area (Å²) in [5.41, 5.74) is 3.15. The van der Waals surface area contributed by atoms with E-state index in [-0.39, 0.29) is 18.0 Å². The Kier molecular flexibility index (Phi) is 4.92. The van der Waals surface area contributed by atoms with Crippen LogP contribution in [0, 0.1) is 5.82 Å². The standard InChI is InChI=1S/C24H21FO4/c25-24-11-18(16-1-6-19(7-2-16)26-12-21-14-28-21)5-10-23(24)17-3-8-20(9-4-17)27-13-22-15-29-22/h1-11,21-22H,12-15H2. The number of hydrogen-bond acceptors (Lipinski definition) is 4. The van der Waals surface area contributed by atoms with Crippen LogP contribution in [0.4, 0.5) is 4.39 Å². The first-order valence-corrected chi connectivity index (χ1v) is 9.74. The van der Waals surface area contributed by atoms with Crippen molar-refractivity contribution in [1.82, 2.24) is 0 Å². The van der Waals surface area contributed by atoms with Gasteiger partial charge in [0.15, 0.2) is 0 Å². The molecule has 2 atom stereocenters. The molecule has 148 valence electrons. The smallest absolute Gasteiger partial charge is 0.131 e. The summed E-state index contributed by atoms with van der Waals surface area (Å²) >= 11 is 0. The molecule has 29 heavy (non-hydrogen) atoms. The van der Waals surface area contributed by atoms with Gasteiger partial charge in [-0.1, -0.05) is 36.4 Å². The molecule has 3 aromatic carbocycles. The minimum atomic E-state index is -0.256. The predicted molar refractivity (Wildman–Crippen MR) is 108 cm³/mol. The first-order valence-electron chi connectivity index (χ1n) is 9.74. The molecular formula is C24H21FO4. The van der Waals surface area contributed by atoms with Gasteiger partial charge in [-0.15, -0.1) is 0 Å². The zero-order chi connectivity index (χ0) is 19.6. The molecule has 2 unspecified atom stereocenters. The summed E-state index contributed by atoms with van der Waals surface area (Å²) in [6.45, 7) is 2.66.